The van der Waals surface area contributed by atoms with Crippen LogP contribution in [0.3, 0.4) is 0 Å². The second-order valence-electron chi connectivity index (χ2n) is 9.81. The van der Waals surface area contributed by atoms with Gasteiger partial charge in [-0.1, -0.05) is 66.2 Å². The number of amides is 1. The maximum atomic E-state index is 13.7. The van der Waals surface area contributed by atoms with Crippen molar-refractivity contribution in [1.29, 1.82) is 0 Å². The lowest BCUT2D eigenvalue weighted by Crippen LogP contribution is -2.39. The van der Waals surface area contributed by atoms with Crippen LogP contribution in [0.15, 0.2) is 89.1 Å². The highest BCUT2D eigenvalue weighted by molar-refractivity contribution is 6.16. The number of hydrogen-bond donors (Lipinski definition) is 2. The summed E-state index contributed by atoms with van der Waals surface area (Å²) in [6.07, 6.45) is 3.42. The van der Waals surface area contributed by atoms with Gasteiger partial charge in [-0.15, -0.1) is 0 Å². The number of aromatic nitrogens is 2. The molecule has 0 saturated carbocycles. The number of benzene rings is 3. The Morgan fingerprint density at radius 3 is 2.26 bits per heavy atom. The second kappa shape index (κ2) is 9.39. The first kappa shape index (κ1) is 23.8. The van der Waals surface area contributed by atoms with Crippen LogP contribution in [0.25, 0.3) is 0 Å². The molecule has 0 aliphatic carbocycles. The maximum absolute atomic E-state index is 13.7. The van der Waals surface area contributed by atoms with Crippen LogP contribution in [-0.2, 0) is 29.9 Å². The average molecular weight is 506 g/mol. The van der Waals surface area contributed by atoms with Crippen molar-refractivity contribution in [2.24, 2.45) is 9.98 Å². The molecule has 3 heterocycles. The Hall–Kier alpha value is -4.56. The minimum atomic E-state index is -0.929. The summed E-state index contributed by atoms with van der Waals surface area (Å²) in [5.41, 5.74) is 4.54. The molecule has 1 atom stereocenters. The monoisotopic (exact) mass is 505 g/mol. The number of hydrogen-bond acceptors (Lipinski definition) is 6. The van der Waals surface area contributed by atoms with E-state index in [2.05, 4.69) is 4.99 Å². The fourth-order valence-electron chi connectivity index (χ4n) is 5.29. The third-order valence-corrected chi connectivity index (χ3v) is 7.31. The number of rotatable bonds is 6. The van der Waals surface area contributed by atoms with Gasteiger partial charge in [-0.2, -0.15) is 0 Å². The summed E-state index contributed by atoms with van der Waals surface area (Å²) < 4.78 is 1.94. The number of phenolic OH excluding ortho intramolecular Hbond substituents is 1. The Bertz CT molecular complexity index is 1550. The average Bonchev–Trinajstić information content (AvgIpc) is 3.40. The smallest absolute Gasteiger partial charge is 0.230 e. The number of nitrogens with zero attached hydrogens (tertiary/aromatic N) is 5. The van der Waals surface area contributed by atoms with Gasteiger partial charge >= 0.3 is 0 Å². The van der Waals surface area contributed by atoms with E-state index in [1.54, 1.807) is 23.4 Å². The fraction of sp³-hybridized carbons (Fsp3) is 0.200. The summed E-state index contributed by atoms with van der Waals surface area (Å²) in [5.74, 6) is 1.40. The first-order chi connectivity index (χ1) is 18.5. The zero-order chi connectivity index (χ0) is 26.3. The number of amidine groups is 1. The van der Waals surface area contributed by atoms with Gasteiger partial charge in [0.25, 0.3) is 0 Å². The van der Waals surface area contributed by atoms with Crippen molar-refractivity contribution in [2.45, 2.75) is 38.5 Å². The van der Waals surface area contributed by atoms with Crippen LogP contribution in [0.5, 0.6) is 5.75 Å². The highest BCUT2D eigenvalue weighted by Gasteiger charge is 2.55. The van der Waals surface area contributed by atoms with Gasteiger partial charge in [0.05, 0.1) is 26.0 Å². The van der Waals surface area contributed by atoms with Crippen LogP contribution in [0.4, 0.5) is 5.82 Å². The predicted molar refractivity (Wildman–Crippen MR) is 145 cm³/mol. The van der Waals surface area contributed by atoms with Gasteiger partial charge in [-0.05, 0) is 41.3 Å². The van der Waals surface area contributed by atoms with E-state index in [1.165, 1.54) is 6.34 Å². The Morgan fingerprint density at radius 2 is 1.55 bits per heavy atom. The van der Waals surface area contributed by atoms with Gasteiger partial charge in [0.15, 0.2) is 5.82 Å². The molecule has 0 spiro atoms. The highest BCUT2D eigenvalue weighted by Crippen LogP contribution is 2.47. The van der Waals surface area contributed by atoms with E-state index in [4.69, 9.17) is 9.98 Å². The van der Waals surface area contributed by atoms with Gasteiger partial charge in [0, 0.05) is 6.42 Å². The second-order valence-corrected chi connectivity index (χ2v) is 9.81. The molecule has 1 fully saturated rings. The van der Waals surface area contributed by atoms with Crippen LogP contribution < -0.4 is 0 Å². The van der Waals surface area contributed by atoms with Crippen molar-refractivity contribution >= 4 is 23.9 Å². The molecule has 2 aliphatic heterocycles. The third kappa shape index (κ3) is 3.99. The molecular formula is C30H27N5O3. The zero-order valence-electron chi connectivity index (χ0n) is 21.0. The van der Waals surface area contributed by atoms with Crippen LogP contribution in [0.2, 0.25) is 0 Å². The lowest BCUT2D eigenvalue weighted by atomic mass is 9.75. The molecule has 0 radical (unpaired) electrons. The Kier molecular flexibility index (Phi) is 5.88. The van der Waals surface area contributed by atoms with Crippen LogP contribution in [-0.4, -0.2) is 42.7 Å². The van der Waals surface area contributed by atoms with E-state index in [-0.39, 0.29) is 24.7 Å². The van der Waals surface area contributed by atoms with Gasteiger partial charge in [0.1, 0.15) is 29.0 Å². The summed E-state index contributed by atoms with van der Waals surface area (Å²) in [4.78, 5) is 29.7. The molecule has 8 heteroatoms. The summed E-state index contributed by atoms with van der Waals surface area (Å²) in [6.45, 7) is 2.86. The third-order valence-electron chi connectivity index (χ3n) is 7.31. The molecule has 2 aliphatic rings. The summed E-state index contributed by atoms with van der Waals surface area (Å²) in [6, 6.07) is 22.8. The number of carbonyl (C=O) groups is 1. The number of aromatic hydroxyl groups is 1. The van der Waals surface area contributed by atoms with Crippen molar-refractivity contribution < 1.29 is 15.0 Å². The topological polar surface area (TPSA) is 103 Å². The summed E-state index contributed by atoms with van der Waals surface area (Å²) >= 11 is 0. The molecule has 190 valence electrons. The lowest BCUT2D eigenvalue weighted by molar-refractivity contribution is -0.126. The van der Waals surface area contributed by atoms with Crippen LogP contribution in [0, 0.1) is 6.92 Å². The normalized spacial score (nSPS) is 18.2. The van der Waals surface area contributed by atoms with E-state index in [1.807, 2.05) is 72.2 Å². The Balaban J connectivity index is 1.47. The molecule has 0 bridgehead atoms. The molecule has 1 unspecified atom stereocenters. The number of aryl methyl sites for hydroxylation is 1. The molecule has 3 aromatic carbocycles. The van der Waals surface area contributed by atoms with E-state index in [0.29, 0.717) is 30.4 Å². The minimum absolute atomic E-state index is 0.0371. The molecular weight excluding hydrogens is 478 g/mol. The number of aliphatic hydroxyl groups is 1. The summed E-state index contributed by atoms with van der Waals surface area (Å²) in [7, 11) is 0. The van der Waals surface area contributed by atoms with Gasteiger partial charge < -0.3 is 14.8 Å². The Labute approximate surface area is 220 Å². The van der Waals surface area contributed by atoms with Crippen molar-refractivity contribution in [3.8, 4) is 5.75 Å². The van der Waals surface area contributed by atoms with Crippen molar-refractivity contribution in [3.63, 3.8) is 0 Å². The lowest BCUT2D eigenvalue weighted by Gasteiger charge is -2.29. The molecule has 1 aromatic heterocycles. The molecule has 4 aromatic rings. The van der Waals surface area contributed by atoms with E-state index in [9.17, 15) is 15.0 Å². The molecule has 1 amide bonds. The number of phenols is 1. The van der Waals surface area contributed by atoms with Crippen LogP contribution in [0.1, 0.15) is 39.9 Å². The highest BCUT2D eigenvalue weighted by atomic mass is 16.3. The molecule has 6 rings (SSSR count). The minimum Gasteiger partial charge on any atom is -0.508 e. The predicted octanol–water partition coefficient (Wildman–Crippen LogP) is 4.23. The fourth-order valence-corrected chi connectivity index (χ4v) is 5.29. The van der Waals surface area contributed by atoms with Gasteiger partial charge in [-0.3, -0.25) is 9.69 Å². The van der Waals surface area contributed by atoms with Crippen molar-refractivity contribution in [1.82, 2.24) is 14.5 Å². The quantitative estimate of drug-likeness (QED) is 0.409. The number of likely N-dealkylation sites (tertiary alicyclic amines) is 1. The molecule has 2 N–H and O–H groups in total. The number of imidazole rings is 1. The molecule has 1 saturated heterocycles. The van der Waals surface area contributed by atoms with E-state index < -0.39 is 5.41 Å². The first-order valence-electron chi connectivity index (χ1n) is 12.5. The van der Waals surface area contributed by atoms with E-state index >= 15 is 0 Å². The number of fused-ring (bicyclic) bond motifs is 3. The van der Waals surface area contributed by atoms with Crippen molar-refractivity contribution in [3.05, 3.63) is 113 Å². The van der Waals surface area contributed by atoms with Gasteiger partial charge in [0.2, 0.25) is 5.91 Å². The van der Waals surface area contributed by atoms with Gasteiger partial charge in [-0.25, -0.2) is 15.0 Å². The molecule has 8 nitrogen and oxygen atoms in total. The SMILES string of the molecule is Cc1ccc(CN2C(=O)CC3(c4ccc(CO)cc4)C2=NC=Nc2c3ncn2Cc2ccc(O)cc2)cc1. The van der Waals surface area contributed by atoms with Crippen molar-refractivity contribution in [2.75, 3.05) is 0 Å². The maximum Gasteiger partial charge on any atom is 0.230 e. The number of aliphatic hydroxyl groups excluding tert-OH is 1. The zero-order valence-corrected chi connectivity index (χ0v) is 21.0. The standard InChI is InChI=1S/C30H27N5O3/c1-20-2-4-22(5-3-20)16-35-26(38)14-30(24-10-6-23(17-36)7-11-24)27-28(31-18-32-29(30)35)34(19-33-27)15-21-8-12-25(37)13-9-21/h2-13,18-19,36-37H,14-17H2,1H3. The number of aliphatic imine (C=N–C) groups is 2. The largest absolute Gasteiger partial charge is 0.508 e. The Morgan fingerprint density at radius 1 is 0.895 bits per heavy atom. The summed E-state index contributed by atoms with van der Waals surface area (Å²) in [5, 5.41) is 19.3. The number of carbonyl (C=O) groups excluding carboxylic acids is 1. The molecule has 38 heavy (non-hydrogen) atoms. The van der Waals surface area contributed by atoms with E-state index in [0.717, 1.165) is 27.8 Å². The van der Waals surface area contributed by atoms with Crippen LogP contribution >= 0.6 is 0 Å². The first-order valence-corrected chi connectivity index (χ1v) is 12.5.